The Morgan fingerprint density at radius 1 is 1.21 bits per heavy atom. The molecule has 152 valence electrons. The van der Waals surface area contributed by atoms with Crippen molar-refractivity contribution in [2.24, 2.45) is 0 Å². The minimum atomic E-state index is -0.361. The van der Waals surface area contributed by atoms with E-state index in [1.807, 2.05) is 52.0 Å². The zero-order valence-electron chi connectivity index (χ0n) is 17.0. The summed E-state index contributed by atoms with van der Waals surface area (Å²) in [5.41, 5.74) is 2.64. The van der Waals surface area contributed by atoms with Crippen LogP contribution < -0.4 is 15.5 Å². The highest BCUT2D eigenvalue weighted by atomic mass is 35.5. The number of aryl methyl sites for hydroxylation is 2. The molecular formula is C23H24ClNO4. The van der Waals surface area contributed by atoms with Gasteiger partial charge >= 0.3 is 0 Å². The third-order valence-corrected chi connectivity index (χ3v) is 5.22. The number of ether oxygens (including phenoxy) is 1. The van der Waals surface area contributed by atoms with Crippen molar-refractivity contribution in [3.63, 3.8) is 0 Å². The Morgan fingerprint density at radius 3 is 2.55 bits per heavy atom. The number of halogens is 1. The van der Waals surface area contributed by atoms with Crippen molar-refractivity contribution < 1.29 is 13.9 Å². The van der Waals surface area contributed by atoms with Crippen molar-refractivity contribution in [3.8, 4) is 17.1 Å². The maximum atomic E-state index is 13.2. The van der Waals surface area contributed by atoms with Crippen LogP contribution in [0, 0.1) is 13.8 Å². The fourth-order valence-electron chi connectivity index (χ4n) is 2.88. The third-order valence-electron chi connectivity index (χ3n) is 4.81. The molecule has 29 heavy (non-hydrogen) atoms. The molecule has 0 aliphatic carbocycles. The summed E-state index contributed by atoms with van der Waals surface area (Å²) in [4.78, 5) is 25.3. The van der Waals surface area contributed by atoms with Gasteiger partial charge in [0.1, 0.15) is 5.58 Å². The van der Waals surface area contributed by atoms with Gasteiger partial charge < -0.3 is 14.5 Å². The van der Waals surface area contributed by atoms with Crippen LogP contribution in [0.25, 0.3) is 22.3 Å². The van der Waals surface area contributed by atoms with Crippen molar-refractivity contribution >= 4 is 28.5 Å². The highest BCUT2D eigenvalue weighted by molar-refractivity contribution is 6.32. The number of fused-ring (bicyclic) bond motifs is 1. The van der Waals surface area contributed by atoms with Crippen LogP contribution in [-0.4, -0.2) is 18.6 Å². The number of carbonyl (C=O) groups is 1. The number of benzene rings is 2. The van der Waals surface area contributed by atoms with E-state index < -0.39 is 0 Å². The summed E-state index contributed by atoms with van der Waals surface area (Å²) < 4.78 is 11.7. The fraction of sp³-hybridized carbons (Fsp3) is 0.304. The highest BCUT2D eigenvalue weighted by Crippen LogP contribution is 2.32. The molecule has 3 rings (SSSR count). The molecule has 1 amide bonds. The summed E-state index contributed by atoms with van der Waals surface area (Å²) in [5.74, 6) is -0.00298. The van der Waals surface area contributed by atoms with E-state index in [4.69, 9.17) is 20.8 Å². The quantitative estimate of drug-likeness (QED) is 0.615. The molecule has 5 nitrogen and oxygen atoms in total. The molecule has 1 heterocycles. The molecule has 0 fully saturated rings. The van der Waals surface area contributed by atoms with E-state index in [9.17, 15) is 9.59 Å². The summed E-state index contributed by atoms with van der Waals surface area (Å²) in [5, 5.41) is 3.60. The minimum Gasteiger partial charge on any atom is -0.476 e. The van der Waals surface area contributed by atoms with Gasteiger partial charge in [0.25, 0.3) is 5.91 Å². The number of amides is 1. The number of rotatable bonds is 6. The first-order valence-corrected chi connectivity index (χ1v) is 9.94. The Kier molecular flexibility index (Phi) is 6.28. The average Bonchev–Trinajstić information content (AvgIpc) is 2.69. The molecule has 1 atom stereocenters. The zero-order chi connectivity index (χ0) is 21.1. The van der Waals surface area contributed by atoms with Crippen LogP contribution >= 0.6 is 11.6 Å². The van der Waals surface area contributed by atoms with Crippen LogP contribution in [0.4, 0.5) is 0 Å². The molecule has 0 bridgehead atoms. The van der Waals surface area contributed by atoms with E-state index in [0.29, 0.717) is 27.3 Å². The monoisotopic (exact) mass is 413 g/mol. The molecule has 6 heteroatoms. The maximum Gasteiger partial charge on any atom is 0.258 e. The maximum absolute atomic E-state index is 13.2. The standard InChI is InChI=1S/C23H24ClNO4/c1-5-15(4)25-20(26)12-28-23-21(27)17-11-18(24)14(3)10-19(17)29-22(23)16-8-6-13(2)7-9-16/h6-11,15H,5,12H2,1-4H3,(H,25,26)/t15-/m0/s1. The molecule has 2 aromatic carbocycles. The van der Waals surface area contributed by atoms with Gasteiger partial charge in [0.15, 0.2) is 12.4 Å². The summed E-state index contributed by atoms with van der Waals surface area (Å²) in [7, 11) is 0. The number of nitrogens with one attached hydrogen (secondary N) is 1. The SMILES string of the molecule is CC[C@H](C)NC(=O)COc1c(-c2ccc(C)cc2)oc2cc(C)c(Cl)cc2c1=O. The van der Waals surface area contributed by atoms with Crippen LogP contribution in [0.2, 0.25) is 5.02 Å². The Balaban J connectivity index is 2.09. The lowest BCUT2D eigenvalue weighted by Crippen LogP contribution is -2.36. The normalized spacial score (nSPS) is 12.0. The predicted octanol–water partition coefficient (Wildman–Crippen LogP) is 5.02. The number of hydrogen-bond acceptors (Lipinski definition) is 4. The largest absolute Gasteiger partial charge is 0.476 e. The molecular weight excluding hydrogens is 390 g/mol. The molecule has 0 spiro atoms. The first-order valence-electron chi connectivity index (χ1n) is 9.56. The van der Waals surface area contributed by atoms with Crippen molar-refractivity contribution in [2.45, 2.75) is 40.2 Å². The molecule has 0 aliphatic heterocycles. The topological polar surface area (TPSA) is 68.5 Å². The summed E-state index contributed by atoms with van der Waals surface area (Å²) >= 11 is 6.20. The Hall–Kier alpha value is -2.79. The lowest BCUT2D eigenvalue weighted by atomic mass is 10.1. The first kappa shape index (κ1) is 20.9. The number of carbonyl (C=O) groups excluding carboxylic acids is 1. The molecule has 0 aliphatic rings. The summed E-state index contributed by atoms with van der Waals surface area (Å²) in [6, 6.07) is 10.9. The van der Waals surface area contributed by atoms with Crippen LogP contribution in [-0.2, 0) is 4.79 Å². The van der Waals surface area contributed by atoms with Gasteiger partial charge in [-0.05, 0) is 44.9 Å². The molecule has 3 aromatic rings. The van der Waals surface area contributed by atoms with Crippen molar-refractivity contribution in [1.82, 2.24) is 5.32 Å². The summed E-state index contributed by atoms with van der Waals surface area (Å²) in [6.07, 6.45) is 0.802. The highest BCUT2D eigenvalue weighted by Gasteiger charge is 2.20. The van der Waals surface area contributed by atoms with Crippen LogP contribution in [0.1, 0.15) is 31.4 Å². The lowest BCUT2D eigenvalue weighted by Gasteiger charge is -2.14. The molecule has 0 unspecified atom stereocenters. The second-order valence-corrected chi connectivity index (χ2v) is 7.63. The van der Waals surface area contributed by atoms with Crippen LogP contribution in [0.3, 0.4) is 0 Å². The second kappa shape index (κ2) is 8.70. The van der Waals surface area contributed by atoms with E-state index in [-0.39, 0.29) is 29.7 Å². The predicted molar refractivity (Wildman–Crippen MR) is 116 cm³/mol. The zero-order valence-corrected chi connectivity index (χ0v) is 17.7. The van der Waals surface area contributed by atoms with Gasteiger partial charge in [-0.1, -0.05) is 48.4 Å². The van der Waals surface area contributed by atoms with Crippen molar-refractivity contribution in [3.05, 3.63) is 62.8 Å². The smallest absolute Gasteiger partial charge is 0.258 e. The Bertz CT molecular complexity index is 1100. The first-order chi connectivity index (χ1) is 13.8. The van der Waals surface area contributed by atoms with Gasteiger partial charge in [0.2, 0.25) is 11.2 Å². The third kappa shape index (κ3) is 4.62. The van der Waals surface area contributed by atoms with Gasteiger partial charge in [0.05, 0.1) is 5.39 Å². The van der Waals surface area contributed by atoms with Crippen molar-refractivity contribution in [1.29, 1.82) is 0 Å². The summed E-state index contributed by atoms with van der Waals surface area (Å²) in [6.45, 7) is 7.42. The molecule has 0 radical (unpaired) electrons. The number of hydrogen-bond donors (Lipinski definition) is 1. The molecule has 0 saturated heterocycles. The van der Waals surface area contributed by atoms with Crippen LogP contribution in [0.5, 0.6) is 5.75 Å². The molecule has 0 saturated carbocycles. The van der Waals surface area contributed by atoms with Gasteiger partial charge in [-0.25, -0.2) is 0 Å². The van der Waals surface area contributed by atoms with Crippen molar-refractivity contribution in [2.75, 3.05) is 6.61 Å². The van der Waals surface area contributed by atoms with E-state index >= 15 is 0 Å². The lowest BCUT2D eigenvalue weighted by molar-refractivity contribution is -0.123. The minimum absolute atomic E-state index is 0.000532. The molecule has 1 aromatic heterocycles. The van der Waals surface area contributed by atoms with E-state index in [2.05, 4.69) is 5.32 Å². The van der Waals surface area contributed by atoms with Gasteiger partial charge in [-0.3, -0.25) is 9.59 Å². The van der Waals surface area contributed by atoms with E-state index in [1.165, 1.54) is 0 Å². The van der Waals surface area contributed by atoms with Gasteiger partial charge in [0, 0.05) is 16.6 Å². The molecule has 1 N–H and O–H groups in total. The van der Waals surface area contributed by atoms with E-state index in [0.717, 1.165) is 17.5 Å². The Labute approximate surface area is 174 Å². The fourth-order valence-corrected chi connectivity index (χ4v) is 3.04. The van der Waals surface area contributed by atoms with Crippen LogP contribution in [0.15, 0.2) is 45.6 Å². The average molecular weight is 414 g/mol. The second-order valence-electron chi connectivity index (χ2n) is 7.22. The van der Waals surface area contributed by atoms with Gasteiger partial charge in [-0.2, -0.15) is 0 Å². The van der Waals surface area contributed by atoms with Gasteiger partial charge in [-0.15, -0.1) is 0 Å². The Morgan fingerprint density at radius 2 is 1.90 bits per heavy atom. The van der Waals surface area contributed by atoms with E-state index in [1.54, 1.807) is 12.1 Å².